The van der Waals surface area contributed by atoms with Gasteiger partial charge in [-0.3, -0.25) is 0 Å². The monoisotopic (exact) mass is 291 g/mol. The molecule has 2 aromatic rings. The molecule has 106 valence electrons. The topological polar surface area (TPSA) is 59.4 Å². The van der Waals surface area contributed by atoms with Crippen molar-refractivity contribution in [1.29, 1.82) is 0 Å². The lowest BCUT2D eigenvalue weighted by Crippen LogP contribution is -2.10. The third-order valence-corrected chi connectivity index (χ3v) is 4.00. The van der Waals surface area contributed by atoms with E-state index in [1.165, 1.54) is 12.1 Å². The molecule has 0 spiro atoms. The maximum absolute atomic E-state index is 10.7. The lowest BCUT2D eigenvalue weighted by Gasteiger charge is -2.13. The van der Waals surface area contributed by atoms with Gasteiger partial charge in [0.2, 0.25) is 0 Å². The number of aromatic nitrogens is 1. The molecule has 2 rings (SSSR count). The van der Waals surface area contributed by atoms with Crippen LogP contribution >= 0.6 is 11.3 Å². The molecule has 5 heteroatoms. The average Bonchev–Trinajstić information content (AvgIpc) is 2.85. The van der Waals surface area contributed by atoms with Crippen LogP contribution in [0.15, 0.2) is 29.6 Å². The number of ether oxygens (including phenoxy) is 1. The molecular formula is C15H17NO3S. The van der Waals surface area contributed by atoms with Crippen LogP contribution in [0.5, 0.6) is 5.75 Å². The van der Waals surface area contributed by atoms with Gasteiger partial charge in [0, 0.05) is 10.8 Å². The van der Waals surface area contributed by atoms with Gasteiger partial charge in [-0.05, 0) is 24.3 Å². The highest BCUT2D eigenvalue weighted by molar-refractivity contribution is 7.09. The van der Waals surface area contributed by atoms with E-state index >= 15 is 0 Å². The molecule has 1 aromatic carbocycles. The van der Waals surface area contributed by atoms with E-state index in [1.54, 1.807) is 23.5 Å². The van der Waals surface area contributed by atoms with Gasteiger partial charge in [-0.15, -0.1) is 11.3 Å². The van der Waals surface area contributed by atoms with Crippen molar-refractivity contribution in [3.63, 3.8) is 0 Å². The Morgan fingerprint density at radius 2 is 1.95 bits per heavy atom. The maximum Gasteiger partial charge on any atom is 0.335 e. The first kappa shape index (κ1) is 14.5. The Balaban J connectivity index is 1.98. The largest absolute Gasteiger partial charge is 0.487 e. The maximum atomic E-state index is 10.7. The number of nitrogens with zero attached hydrogens (tertiary/aromatic N) is 1. The Morgan fingerprint density at radius 1 is 1.30 bits per heavy atom. The molecule has 0 fully saturated rings. The minimum absolute atomic E-state index is 0.0477. The molecule has 0 aliphatic carbocycles. The van der Waals surface area contributed by atoms with Crippen molar-refractivity contribution in [2.45, 2.75) is 32.8 Å². The normalized spacial score (nSPS) is 11.3. The summed E-state index contributed by atoms with van der Waals surface area (Å²) in [5.41, 5.74) is 1.19. The Morgan fingerprint density at radius 3 is 2.45 bits per heavy atom. The van der Waals surface area contributed by atoms with Crippen LogP contribution < -0.4 is 4.74 Å². The molecule has 0 bridgehead atoms. The van der Waals surface area contributed by atoms with Gasteiger partial charge in [0.25, 0.3) is 0 Å². The van der Waals surface area contributed by atoms with E-state index in [1.807, 2.05) is 5.38 Å². The number of thiazole rings is 1. The van der Waals surface area contributed by atoms with Gasteiger partial charge in [0.1, 0.15) is 12.4 Å². The third-order valence-electron chi connectivity index (χ3n) is 2.68. The van der Waals surface area contributed by atoms with Crippen molar-refractivity contribution in [2.75, 3.05) is 0 Å². The van der Waals surface area contributed by atoms with E-state index in [0.717, 1.165) is 10.7 Å². The van der Waals surface area contributed by atoms with Crippen molar-refractivity contribution in [3.05, 3.63) is 45.9 Å². The summed E-state index contributed by atoms with van der Waals surface area (Å²) in [4.78, 5) is 15.3. The Labute approximate surface area is 122 Å². The SMILES string of the molecule is CC(C)(C)c1nc(COc2ccc(C(=O)O)cc2)cs1. The molecule has 20 heavy (non-hydrogen) atoms. The van der Waals surface area contributed by atoms with Crippen LogP contribution in [0.1, 0.15) is 41.8 Å². The van der Waals surface area contributed by atoms with E-state index in [-0.39, 0.29) is 11.0 Å². The fourth-order valence-electron chi connectivity index (χ4n) is 1.57. The number of carboxylic acid groups (broad SMARTS) is 1. The molecule has 0 unspecified atom stereocenters. The summed E-state index contributed by atoms with van der Waals surface area (Å²) < 4.78 is 5.60. The van der Waals surface area contributed by atoms with Gasteiger partial charge in [-0.25, -0.2) is 9.78 Å². The lowest BCUT2D eigenvalue weighted by atomic mass is 9.98. The molecule has 0 saturated carbocycles. The molecule has 1 heterocycles. The van der Waals surface area contributed by atoms with E-state index in [2.05, 4.69) is 25.8 Å². The van der Waals surface area contributed by atoms with E-state index in [4.69, 9.17) is 9.84 Å². The minimum Gasteiger partial charge on any atom is -0.487 e. The van der Waals surface area contributed by atoms with Crippen LogP contribution in [0.2, 0.25) is 0 Å². The zero-order valence-corrected chi connectivity index (χ0v) is 12.5. The average molecular weight is 291 g/mol. The molecule has 0 radical (unpaired) electrons. The Hall–Kier alpha value is -1.88. The molecule has 1 aromatic heterocycles. The van der Waals surface area contributed by atoms with E-state index in [0.29, 0.717) is 12.4 Å². The van der Waals surface area contributed by atoms with Gasteiger partial charge >= 0.3 is 5.97 Å². The van der Waals surface area contributed by atoms with Crippen molar-refractivity contribution < 1.29 is 14.6 Å². The summed E-state index contributed by atoms with van der Waals surface area (Å²) in [5.74, 6) is -0.300. The highest BCUT2D eigenvalue weighted by atomic mass is 32.1. The van der Waals surface area contributed by atoms with Crippen molar-refractivity contribution in [2.24, 2.45) is 0 Å². The minimum atomic E-state index is -0.939. The first-order chi connectivity index (χ1) is 9.36. The summed E-state index contributed by atoms with van der Waals surface area (Å²) in [5, 5.41) is 11.9. The number of aromatic carboxylic acids is 1. The first-order valence-corrected chi connectivity index (χ1v) is 7.15. The molecule has 0 aliphatic rings. The predicted octanol–water partition coefficient (Wildman–Crippen LogP) is 3.72. The highest BCUT2D eigenvalue weighted by Gasteiger charge is 2.18. The molecule has 1 N–H and O–H groups in total. The van der Waals surface area contributed by atoms with Crippen LogP contribution in [-0.4, -0.2) is 16.1 Å². The number of benzene rings is 1. The first-order valence-electron chi connectivity index (χ1n) is 6.27. The number of carboxylic acids is 1. The molecule has 0 saturated heterocycles. The predicted molar refractivity (Wildman–Crippen MR) is 78.5 cm³/mol. The summed E-state index contributed by atoms with van der Waals surface area (Å²) in [6.45, 7) is 6.77. The van der Waals surface area contributed by atoms with Crippen LogP contribution in [0.4, 0.5) is 0 Å². The third kappa shape index (κ3) is 3.57. The molecule has 4 nitrogen and oxygen atoms in total. The summed E-state index contributed by atoms with van der Waals surface area (Å²) in [7, 11) is 0. The van der Waals surface area contributed by atoms with Crippen molar-refractivity contribution >= 4 is 17.3 Å². The van der Waals surface area contributed by atoms with Crippen molar-refractivity contribution in [3.8, 4) is 5.75 Å². The number of rotatable bonds is 4. The van der Waals surface area contributed by atoms with Crippen LogP contribution in [0, 0.1) is 0 Å². The van der Waals surface area contributed by atoms with Crippen LogP contribution in [0.3, 0.4) is 0 Å². The smallest absolute Gasteiger partial charge is 0.335 e. The number of hydrogen-bond acceptors (Lipinski definition) is 4. The van der Waals surface area contributed by atoms with Gasteiger partial charge < -0.3 is 9.84 Å². The second kappa shape index (κ2) is 5.63. The zero-order chi connectivity index (χ0) is 14.8. The fourth-order valence-corrected chi connectivity index (χ4v) is 2.46. The quantitative estimate of drug-likeness (QED) is 0.932. The van der Waals surface area contributed by atoms with Gasteiger partial charge in [0.05, 0.1) is 16.3 Å². The summed E-state index contributed by atoms with van der Waals surface area (Å²) in [6, 6.07) is 6.36. The number of hydrogen-bond donors (Lipinski definition) is 1. The van der Waals surface area contributed by atoms with Gasteiger partial charge in [-0.1, -0.05) is 20.8 Å². The van der Waals surface area contributed by atoms with Gasteiger partial charge in [-0.2, -0.15) is 0 Å². The summed E-state index contributed by atoms with van der Waals surface area (Å²) >= 11 is 1.63. The molecular weight excluding hydrogens is 274 g/mol. The lowest BCUT2D eigenvalue weighted by molar-refractivity contribution is 0.0697. The highest BCUT2D eigenvalue weighted by Crippen LogP contribution is 2.26. The summed E-state index contributed by atoms with van der Waals surface area (Å²) in [6.07, 6.45) is 0. The molecule has 0 aliphatic heterocycles. The Kier molecular flexibility index (Phi) is 4.09. The zero-order valence-electron chi connectivity index (χ0n) is 11.7. The number of carbonyl (C=O) groups is 1. The van der Waals surface area contributed by atoms with Crippen molar-refractivity contribution in [1.82, 2.24) is 4.98 Å². The second-order valence-electron chi connectivity index (χ2n) is 5.51. The van der Waals surface area contributed by atoms with Crippen LogP contribution in [0.25, 0.3) is 0 Å². The van der Waals surface area contributed by atoms with E-state index < -0.39 is 5.97 Å². The standard InChI is InChI=1S/C15H17NO3S/c1-15(2,3)14-16-11(9-20-14)8-19-12-6-4-10(5-7-12)13(17)18/h4-7,9H,8H2,1-3H3,(H,17,18). The van der Waals surface area contributed by atoms with Gasteiger partial charge in [0.15, 0.2) is 0 Å². The van der Waals surface area contributed by atoms with Crippen LogP contribution in [-0.2, 0) is 12.0 Å². The molecule has 0 atom stereocenters. The molecule has 0 amide bonds. The Bertz CT molecular complexity index is 596. The second-order valence-corrected chi connectivity index (χ2v) is 6.37. The fraction of sp³-hybridized carbons (Fsp3) is 0.333. The van der Waals surface area contributed by atoms with E-state index in [9.17, 15) is 4.79 Å².